The van der Waals surface area contributed by atoms with Crippen molar-refractivity contribution >= 4 is 5.97 Å². The highest BCUT2D eigenvalue weighted by atomic mass is 16.5. The highest BCUT2D eigenvalue weighted by Crippen LogP contribution is 2.18. The molecule has 0 aliphatic carbocycles. The summed E-state index contributed by atoms with van der Waals surface area (Å²) in [6, 6.07) is 6.17. The van der Waals surface area contributed by atoms with Gasteiger partial charge in [-0.05, 0) is 24.5 Å². The van der Waals surface area contributed by atoms with Crippen molar-refractivity contribution in [2.24, 2.45) is 0 Å². The van der Waals surface area contributed by atoms with E-state index in [2.05, 4.69) is 30.4 Å². The summed E-state index contributed by atoms with van der Waals surface area (Å²) in [5.74, 6) is -0.179. The zero-order valence-corrected chi connectivity index (χ0v) is 11.0. The van der Waals surface area contributed by atoms with E-state index in [1.807, 2.05) is 13.8 Å². The molecule has 1 unspecified atom stereocenters. The Hall–Kier alpha value is -1.35. The normalized spacial score (nSPS) is 17.5. The van der Waals surface area contributed by atoms with E-state index in [0.717, 1.165) is 13.0 Å². The number of ether oxygens (including phenoxy) is 1. The summed E-state index contributed by atoms with van der Waals surface area (Å²) in [7, 11) is 1.43. The van der Waals surface area contributed by atoms with E-state index in [4.69, 9.17) is 4.74 Å². The molecule has 3 heteroatoms. The predicted molar refractivity (Wildman–Crippen MR) is 68.9 cm³/mol. The molecular formula is C14H21NO2. The Morgan fingerprint density at radius 2 is 2.06 bits per heavy atom. The zero-order chi connectivity index (χ0) is 12.8. The largest absolute Gasteiger partial charge is 0.468 e. The molecule has 94 valence electrons. The van der Waals surface area contributed by atoms with Gasteiger partial charge in [0, 0.05) is 6.54 Å². The van der Waals surface area contributed by atoms with E-state index in [-0.39, 0.29) is 12.0 Å². The number of benzene rings is 1. The summed E-state index contributed by atoms with van der Waals surface area (Å²) in [5.41, 5.74) is 3.77. The van der Waals surface area contributed by atoms with Crippen molar-refractivity contribution in [2.45, 2.75) is 39.8 Å². The second-order valence-electron chi connectivity index (χ2n) is 3.93. The van der Waals surface area contributed by atoms with Gasteiger partial charge in [0.05, 0.1) is 7.11 Å². The van der Waals surface area contributed by atoms with Gasteiger partial charge in [0.15, 0.2) is 0 Å². The third kappa shape index (κ3) is 3.30. The van der Waals surface area contributed by atoms with E-state index in [1.54, 1.807) is 0 Å². The van der Waals surface area contributed by atoms with Gasteiger partial charge in [0.1, 0.15) is 6.04 Å². The number of hydrogen-bond donors (Lipinski definition) is 1. The summed E-state index contributed by atoms with van der Waals surface area (Å²) in [6.07, 6.45) is 0.726. The van der Waals surface area contributed by atoms with Crippen LogP contribution in [0.3, 0.4) is 0 Å². The SMILES string of the molecule is CC.COC(=O)C1Cc2cc(C)ccc2CN1. The molecule has 17 heavy (non-hydrogen) atoms. The molecule has 0 bridgehead atoms. The van der Waals surface area contributed by atoms with Crippen LogP contribution in [0.15, 0.2) is 18.2 Å². The molecule has 2 rings (SSSR count). The molecule has 0 saturated heterocycles. The topological polar surface area (TPSA) is 38.3 Å². The van der Waals surface area contributed by atoms with Crippen LogP contribution in [0.5, 0.6) is 0 Å². The van der Waals surface area contributed by atoms with Crippen LogP contribution in [0, 0.1) is 6.92 Å². The first-order valence-electron chi connectivity index (χ1n) is 6.10. The summed E-state index contributed by atoms with van der Waals surface area (Å²) >= 11 is 0. The fraction of sp³-hybridized carbons (Fsp3) is 0.500. The standard InChI is InChI=1S/C12H15NO2.C2H6/c1-8-3-4-9-7-13-11(12(14)15-2)6-10(9)5-8;1-2/h3-5,11,13H,6-7H2,1-2H3;1-2H3. The zero-order valence-electron chi connectivity index (χ0n) is 11.0. The highest BCUT2D eigenvalue weighted by molar-refractivity contribution is 5.76. The number of carbonyl (C=O) groups is 1. The molecule has 0 fully saturated rings. The van der Waals surface area contributed by atoms with Gasteiger partial charge in [0.25, 0.3) is 0 Å². The molecule has 0 aromatic heterocycles. The lowest BCUT2D eigenvalue weighted by Gasteiger charge is -2.24. The van der Waals surface area contributed by atoms with Crippen molar-refractivity contribution in [3.05, 3.63) is 34.9 Å². The van der Waals surface area contributed by atoms with Crippen molar-refractivity contribution in [3.8, 4) is 0 Å². The van der Waals surface area contributed by atoms with Gasteiger partial charge in [-0.15, -0.1) is 0 Å². The number of hydrogen-bond acceptors (Lipinski definition) is 3. The van der Waals surface area contributed by atoms with Gasteiger partial charge in [-0.25, -0.2) is 0 Å². The quantitative estimate of drug-likeness (QED) is 0.758. The molecule has 3 nitrogen and oxygen atoms in total. The number of rotatable bonds is 1. The third-order valence-electron chi connectivity index (χ3n) is 2.81. The van der Waals surface area contributed by atoms with Crippen molar-refractivity contribution in [1.82, 2.24) is 5.32 Å². The molecule has 0 radical (unpaired) electrons. The summed E-state index contributed by atoms with van der Waals surface area (Å²) in [4.78, 5) is 11.4. The summed E-state index contributed by atoms with van der Waals surface area (Å²) in [5, 5.41) is 3.17. The van der Waals surface area contributed by atoms with Gasteiger partial charge in [0.2, 0.25) is 0 Å². The van der Waals surface area contributed by atoms with Gasteiger partial charge in [-0.3, -0.25) is 4.79 Å². The predicted octanol–water partition coefficient (Wildman–Crippen LogP) is 2.21. The summed E-state index contributed by atoms with van der Waals surface area (Å²) < 4.78 is 4.73. The van der Waals surface area contributed by atoms with Crippen LogP contribution in [-0.4, -0.2) is 19.1 Å². The Balaban J connectivity index is 0.000000686. The molecule has 1 atom stereocenters. The number of methoxy groups -OCH3 is 1. The molecule has 1 N–H and O–H groups in total. The average molecular weight is 235 g/mol. The molecule has 0 saturated carbocycles. The van der Waals surface area contributed by atoms with E-state index in [9.17, 15) is 4.79 Å². The van der Waals surface area contributed by atoms with Crippen molar-refractivity contribution in [1.29, 1.82) is 0 Å². The fourth-order valence-electron chi connectivity index (χ4n) is 1.95. The van der Waals surface area contributed by atoms with Gasteiger partial charge in [-0.2, -0.15) is 0 Å². The molecule has 1 heterocycles. The first-order chi connectivity index (χ1) is 8.20. The number of nitrogens with one attached hydrogen (secondary N) is 1. The maximum absolute atomic E-state index is 11.4. The average Bonchev–Trinajstić information content (AvgIpc) is 2.39. The Kier molecular flexibility index (Phi) is 5.16. The summed E-state index contributed by atoms with van der Waals surface area (Å²) in [6.45, 7) is 6.81. The van der Waals surface area contributed by atoms with Crippen LogP contribution >= 0.6 is 0 Å². The molecule has 0 amide bonds. The maximum Gasteiger partial charge on any atom is 0.323 e. The van der Waals surface area contributed by atoms with Crippen molar-refractivity contribution < 1.29 is 9.53 Å². The number of esters is 1. The molecule has 1 aromatic carbocycles. The Morgan fingerprint density at radius 1 is 1.35 bits per heavy atom. The van der Waals surface area contributed by atoms with E-state index < -0.39 is 0 Å². The first-order valence-corrected chi connectivity index (χ1v) is 6.10. The third-order valence-corrected chi connectivity index (χ3v) is 2.81. The second kappa shape index (κ2) is 6.40. The van der Waals surface area contributed by atoms with Crippen LogP contribution in [0.25, 0.3) is 0 Å². The number of aryl methyl sites for hydroxylation is 1. The minimum Gasteiger partial charge on any atom is -0.468 e. The van der Waals surface area contributed by atoms with Crippen LogP contribution in [0.4, 0.5) is 0 Å². The molecule has 1 aliphatic heterocycles. The Labute approximate surface area is 103 Å². The highest BCUT2D eigenvalue weighted by Gasteiger charge is 2.24. The minimum absolute atomic E-state index is 0.179. The van der Waals surface area contributed by atoms with E-state index in [0.29, 0.717) is 0 Å². The number of carbonyl (C=O) groups excluding carboxylic acids is 1. The van der Waals surface area contributed by atoms with E-state index >= 15 is 0 Å². The van der Waals surface area contributed by atoms with Crippen LogP contribution in [0.1, 0.15) is 30.5 Å². The Morgan fingerprint density at radius 3 is 2.71 bits per heavy atom. The van der Waals surface area contributed by atoms with Crippen molar-refractivity contribution in [2.75, 3.05) is 7.11 Å². The fourth-order valence-corrected chi connectivity index (χ4v) is 1.95. The smallest absolute Gasteiger partial charge is 0.323 e. The number of fused-ring (bicyclic) bond motifs is 1. The molecular weight excluding hydrogens is 214 g/mol. The lowest BCUT2D eigenvalue weighted by Crippen LogP contribution is -2.42. The van der Waals surface area contributed by atoms with Gasteiger partial charge >= 0.3 is 5.97 Å². The van der Waals surface area contributed by atoms with E-state index in [1.165, 1.54) is 23.8 Å². The van der Waals surface area contributed by atoms with Crippen LogP contribution in [-0.2, 0) is 22.5 Å². The lowest BCUT2D eigenvalue weighted by molar-refractivity contribution is -0.143. The minimum atomic E-state index is -0.190. The van der Waals surface area contributed by atoms with Crippen LogP contribution in [0.2, 0.25) is 0 Å². The molecule has 1 aromatic rings. The molecule has 0 spiro atoms. The van der Waals surface area contributed by atoms with Crippen molar-refractivity contribution in [3.63, 3.8) is 0 Å². The monoisotopic (exact) mass is 235 g/mol. The van der Waals surface area contributed by atoms with Gasteiger partial charge < -0.3 is 10.1 Å². The lowest BCUT2D eigenvalue weighted by atomic mass is 9.94. The first kappa shape index (κ1) is 13.7. The molecule has 1 aliphatic rings. The second-order valence-corrected chi connectivity index (χ2v) is 3.93. The van der Waals surface area contributed by atoms with Crippen LogP contribution < -0.4 is 5.32 Å². The van der Waals surface area contributed by atoms with Gasteiger partial charge in [-0.1, -0.05) is 37.6 Å². The Bertz CT molecular complexity index is 388. The maximum atomic E-state index is 11.4.